The molecule has 1 atom stereocenters. The molecule has 186 valence electrons. The Labute approximate surface area is 211 Å². The molecule has 2 N–H and O–H groups in total. The second-order valence-corrected chi connectivity index (χ2v) is 8.98. The fourth-order valence-corrected chi connectivity index (χ4v) is 4.58. The standard InChI is InChI=1S/C27H31N7O2/c1-3-27(35)31-22-17-21(9-10-24(22)33-14-12-32(2)13-15-33)30-25-18-26(29-19-28-25)34-23(11-16-36-34)20-7-5-4-6-8-20/h3-10,17-19,23H,1,11-16H2,2H3,(H,31,35)(H,28,29,30). The molecule has 0 spiro atoms. The highest BCUT2D eigenvalue weighted by Gasteiger charge is 2.29. The summed E-state index contributed by atoms with van der Waals surface area (Å²) in [5.41, 5.74) is 3.71. The summed E-state index contributed by atoms with van der Waals surface area (Å²) in [7, 11) is 2.12. The Bertz CT molecular complexity index is 1210. The zero-order valence-electron chi connectivity index (χ0n) is 20.4. The lowest BCUT2D eigenvalue weighted by Crippen LogP contribution is -2.44. The van der Waals surface area contributed by atoms with Crippen molar-refractivity contribution in [2.45, 2.75) is 12.5 Å². The third-order valence-corrected chi connectivity index (χ3v) is 6.52. The largest absolute Gasteiger partial charge is 0.367 e. The van der Waals surface area contributed by atoms with Crippen molar-refractivity contribution < 1.29 is 9.63 Å². The fourth-order valence-electron chi connectivity index (χ4n) is 4.58. The van der Waals surface area contributed by atoms with Crippen molar-refractivity contribution in [3.8, 4) is 0 Å². The van der Waals surface area contributed by atoms with Gasteiger partial charge in [0, 0.05) is 44.4 Å². The minimum Gasteiger partial charge on any atom is -0.367 e. The van der Waals surface area contributed by atoms with Crippen LogP contribution in [0.3, 0.4) is 0 Å². The summed E-state index contributed by atoms with van der Waals surface area (Å²) in [6, 6.07) is 18.2. The Hall–Kier alpha value is -3.95. The molecule has 3 heterocycles. The number of hydrogen-bond donors (Lipinski definition) is 2. The van der Waals surface area contributed by atoms with Crippen LogP contribution < -0.4 is 20.6 Å². The van der Waals surface area contributed by atoms with Crippen molar-refractivity contribution >= 4 is 34.6 Å². The Morgan fingerprint density at radius 1 is 1.08 bits per heavy atom. The third kappa shape index (κ3) is 5.32. The van der Waals surface area contributed by atoms with E-state index in [9.17, 15) is 4.79 Å². The number of carbonyl (C=O) groups excluding carboxylic acids is 1. The van der Waals surface area contributed by atoms with Crippen LogP contribution in [0, 0.1) is 0 Å². The second-order valence-electron chi connectivity index (χ2n) is 8.98. The lowest BCUT2D eigenvalue weighted by Gasteiger charge is -2.35. The number of hydrogen-bond acceptors (Lipinski definition) is 8. The molecule has 2 fully saturated rings. The van der Waals surface area contributed by atoms with Crippen molar-refractivity contribution in [3.63, 3.8) is 0 Å². The molecular formula is C27H31N7O2. The average Bonchev–Trinajstić information content (AvgIpc) is 3.40. The van der Waals surface area contributed by atoms with Crippen LogP contribution in [-0.2, 0) is 9.63 Å². The highest BCUT2D eigenvalue weighted by molar-refractivity contribution is 6.01. The van der Waals surface area contributed by atoms with E-state index in [0.717, 1.165) is 49.7 Å². The molecule has 1 amide bonds. The first-order valence-corrected chi connectivity index (χ1v) is 12.2. The molecule has 9 nitrogen and oxygen atoms in total. The molecule has 2 aliphatic heterocycles. The molecule has 2 saturated heterocycles. The van der Waals surface area contributed by atoms with E-state index in [4.69, 9.17) is 4.84 Å². The predicted molar refractivity (Wildman–Crippen MR) is 143 cm³/mol. The number of nitrogens with one attached hydrogen (secondary N) is 2. The van der Waals surface area contributed by atoms with Crippen LogP contribution in [0.1, 0.15) is 18.0 Å². The smallest absolute Gasteiger partial charge is 0.247 e. The van der Waals surface area contributed by atoms with Gasteiger partial charge in [-0.2, -0.15) is 0 Å². The normalized spacial score (nSPS) is 18.2. The van der Waals surface area contributed by atoms with Gasteiger partial charge in [-0.3, -0.25) is 9.63 Å². The monoisotopic (exact) mass is 485 g/mol. The van der Waals surface area contributed by atoms with Crippen LogP contribution in [0.2, 0.25) is 0 Å². The first-order valence-electron chi connectivity index (χ1n) is 12.2. The SMILES string of the molecule is C=CC(=O)Nc1cc(Nc2cc(N3OCCC3c3ccccc3)ncn2)ccc1N1CCN(C)CC1. The van der Waals surface area contributed by atoms with Crippen LogP contribution in [0.25, 0.3) is 0 Å². The summed E-state index contributed by atoms with van der Waals surface area (Å²) in [4.78, 5) is 31.5. The third-order valence-electron chi connectivity index (χ3n) is 6.52. The Kier molecular flexibility index (Phi) is 7.11. The summed E-state index contributed by atoms with van der Waals surface area (Å²) >= 11 is 0. The zero-order chi connectivity index (χ0) is 24.9. The minimum atomic E-state index is -0.245. The van der Waals surface area contributed by atoms with Crippen molar-refractivity contribution in [2.24, 2.45) is 0 Å². The number of nitrogens with zero attached hydrogens (tertiary/aromatic N) is 5. The van der Waals surface area contributed by atoms with Gasteiger partial charge in [0.05, 0.1) is 24.0 Å². The van der Waals surface area contributed by atoms with Crippen LogP contribution in [0.5, 0.6) is 0 Å². The lowest BCUT2D eigenvalue weighted by molar-refractivity contribution is -0.111. The van der Waals surface area contributed by atoms with Crippen molar-refractivity contribution in [1.29, 1.82) is 0 Å². The van der Waals surface area contributed by atoms with Gasteiger partial charge in [0.2, 0.25) is 5.91 Å². The summed E-state index contributed by atoms with van der Waals surface area (Å²) in [6.45, 7) is 7.96. The van der Waals surface area contributed by atoms with Gasteiger partial charge in [0.25, 0.3) is 0 Å². The first kappa shape index (κ1) is 23.8. The van der Waals surface area contributed by atoms with E-state index < -0.39 is 0 Å². The van der Waals surface area contributed by atoms with Crippen LogP contribution in [0.15, 0.2) is 73.6 Å². The van der Waals surface area contributed by atoms with E-state index in [1.807, 2.05) is 47.5 Å². The van der Waals surface area contributed by atoms with Crippen LogP contribution >= 0.6 is 0 Å². The Morgan fingerprint density at radius 2 is 1.89 bits per heavy atom. The molecule has 5 rings (SSSR count). The molecule has 0 saturated carbocycles. The lowest BCUT2D eigenvalue weighted by atomic mass is 10.0. The van der Waals surface area contributed by atoms with E-state index in [0.29, 0.717) is 18.2 Å². The maximum Gasteiger partial charge on any atom is 0.247 e. The van der Waals surface area contributed by atoms with Gasteiger partial charge in [-0.15, -0.1) is 0 Å². The summed E-state index contributed by atoms with van der Waals surface area (Å²) in [5.74, 6) is 1.08. The maximum absolute atomic E-state index is 12.2. The maximum atomic E-state index is 12.2. The number of piperazine rings is 1. The molecule has 1 unspecified atom stereocenters. The van der Waals surface area contributed by atoms with E-state index in [1.165, 1.54) is 18.0 Å². The second kappa shape index (κ2) is 10.8. The van der Waals surface area contributed by atoms with Crippen LogP contribution in [0.4, 0.5) is 28.7 Å². The number of benzene rings is 2. The molecule has 9 heteroatoms. The number of anilines is 5. The highest BCUT2D eigenvalue weighted by atomic mass is 16.7. The number of aromatic nitrogens is 2. The molecule has 2 aromatic carbocycles. The quantitative estimate of drug-likeness (QED) is 0.486. The van der Waals surface area contributed by atoms with E-state index in [2.05, 4.69) is 56.2 Å². The van der Waals surface area contributed by atoms with Crippen LogP contribution in [-0.4, -0.2) is 60.6 Å². The topological polar surface area (TPSA) is 85.9 Å². The summed E-state index contributed by atoms with van der Waals surface area (Å²) < 4.78 is 0. The molecule has 0 aliphatic carbocycles. The van der Waals surface area contributed by atoms with Gasteiger partial charge in [0.15, 0.2) is 5.82 Å². The number of amides is 1. The molecule has 2 aliphatic rings. The highest BCUT2D eigenvalue weighted by Crippen LogP contribution is 2.35. The molecule has 36 heavy (non-hydrogen) atoms. The molecule has 1 aromatic heterocycles. The average molecular weight is 486 g/mol. The van der Waals surface area contributed by atoms with Gasteiger partial charge < -0.3 is 20.4 Å². The van der Waals surface area contributed by atoms with E-state index >= 15 is 0 Å². The summed E-state index contributed by atoms with van der Waals surface area (Å²) in [6.07, 6.45) is 3.70. The summed E-state index contributed by atoms with van der Waals surface area (Å²) in [5, 5.41) is 8.17. The van der Waals surface area contributed by atoms with E-state index in [-0.39, 0.29) is 11.9 Å². The Balaban J connectivity index is 1.37. The number of hydroxylamine groups is 1. The van der Waals surface area contributed by atoms with Gasteiger partial charge in [-0.25, -0.2) is 15.0 Å². The molecule has 3 aromatic rings. The molecule has 0 bridgehead atoms. The van der Waals surface area contributed by atoms with Gasteiger partial charge in [-0.05, 0) is 36.9 Å². The zero-order valence-corrected chi connectivity index (χ0v) is 20.4. The first-order chi connectivity index (χ1) is 17.6. The Morgan fingerprint density at radius 3 is 2.67 bits per heavy atom. The molecular weight excluding hydrogens is 454 g/mol. The van der Waals surface area contributed by atoms with Gasteiger partial charge in [-0.1, -0.05) is 36.9 Å². The number of carbonyl (C=O) groups is 1. The molecule has 0 radical (unpaired) electrons. The van der Waals surface area contributed by atoms with Gasteiger partial charge >= 0.3 is 0 Å². The van der Waals surface area contributed by atoms with Crippen molar-refractivity contribution in [1.82, 2.24) is 14.9 Å². The minimum absolute atomic E-state index is 0.0949. The number of rotatable bonds is 7. The van der Waals surface area contributed by atoms with Crippen molar-refractivity contribution in [3.05, 3.63) is 79.1 Å². The van der Waals surface area contributed by atoms with Gasteiger partial charge in [0.1, 0.15) is 12.1 Å². The predicted octanol–water partition coefficient (Wildman–Crippen LogP) is 3.98. The van der Waals surface area contributed by atoms with Crippen molar-refractivity contribution in [2.75, 3.05) is 60.4 Å². The number of likely N-dealkylation sites (N-methyl/N-ethyl adjacent to an activating group) is 1. The fraction of sp³-hybridized carbons (Fsp3) is 0.296. The van der Waals surface area contributed by atoms with E-state index in [1.54, 1.807) is 0 Å².